The molecule has 0 unspecified atom stereocenters. The van der Waals surface area contributed by atoms with E-state index in [-0.39, 0.29) is 17.5 Å². The van der Waals surface area contributed by atoms with Gasteiger partial charge >= 0.3 is 0 Å². The number of nitrogens with zero attached hydrogens (tertiary/aromatic N) is 1. The van der Waals surface area contributed by atoms with Crippen LogP contribution in [0.3, 0.4) is 0 Å². The van der Waals surface area contributed by atoms with Gasteiger partial charge in [0.05, 0.1) is 5.56 Å². The minimum atomic E-state index is -0.414. The second-order valence-corrected chi connectivity index (χ2v) is 4.92. The molecular weight excluding hydrogens is 229 g/mol. The summed E-state index contributed by atoms with van der Waals surface area (Å²) >= 11 is 0. The number of halogens is 1. The predicted molar refractivity (Wildman–Crippen MR) is 70.0 cm³/mol. The van der Waals surface area contributed by atoms with Gasteiger partial charge in [0.2, 0.25) is 0 Å². The SMILES string of the molecule is CCC[C@@H]1CCCCN1C(=O)c1ccccc1F. The molecule has 1 aliphatic heterocycles. The summed E-state index contributed by atoms with van der Waals surface area (Å²) in [5, 5.41) is 0. The number of carbonyl (C=O) groups excluding carboxylic acids is 1. The highest BCUT2D eigenvalue weighted by molar-refractivity contribution is 5.94. The molecule has 0 spiro atoms. The average molecular weight is 249 g/mol. The summed E-state index contributed by atoms with van der Waals surface area (Å²) in [5.41, 5.74) is 0.209. The molecule has 18 heavy (non-hydrogen) atoms. The van der Waals surface area contributed by atoms with Gasteiger partial charge in [0.25, 0.3) is 5.91 Å². The third kappa shape index (κ3) is 2.71. The zero-order chi connectivity index (χ0) is 13.0. The van der Waals surface area contributed by atoms with Gasteiger partial charge in [-0.3, -0.25) is 4.79 Å². The number of likely N-dealkylation sites (tertiary alicyclic amines) is 1. The van der Waals surface area contributed by atoms with Crippen LogP contribution in [0.15, 0.2) is 24.3 Å². The number of piperidine rings is 1. The summed E-state index contributed by atoms with van der Waals surface area (Å²) in [6.07, 6.45) is 5.33. The van der Waals surface area contributed by atoms with Crippen molar-refractivity contribution in [2.24, 2.45) is 0 Å². The van der Waals surface area contributed by atoms with E-state index in [9.17, 15) is 9.18 Å². The van der Waals surface area contributed by atoms with Gasteiger partial charge < -0.3 is 4.90 Å². The van der Waals surface area contributed by atoms with E-state index in [0.29, 0.717) is 0 Å². The Morgan fingerprint density at radius 1 is 1.39 bits per heavy atom. The second kappa shape index (κ2) is 5.98. The highest BCUT2D eigenvalue weighted by atomic mass is 19.1. The Balaban J connectivity index is 2.18. The van der Waals surface area contributed by atoms with Gasteiger partial charge in [0, 0.05) is 12.6 Å². The Morgan fingerprint density at radius 2 is 2.17 bits per heavy atom. The third-order valence-corrected chi connectivity index (χ3v) is 3.61. The Labute approximate surface area is 108 Å². The topological polar surface area (TPSA) is 20.3 Å². The van der Waals surface area contributed by atoms with Gasteiger partial charge in [-0.2, -0.15) is 0 Å². The maximum Gasteiger partial charge on any atom is 0.257 e. The van der Waals surface area contributed by atoms with Gasteiger partial charge in [0.1, 0.15) is 5.82 Å². The fraction of sp³-hybridized carbons (Fsp3) is 0.533. The number of amides is 1. The molecule has 1 saturated heterocycles. The molecule has 0 bridgehead atoms. The quantitative estimate of drug-likeness (QED) is 0.801. The van der Waals surface area contributed by atoms with Gasteiger partial charge in [0.15, 0.2) is 0 Å². The fourth-order valence-corrected chi connectivity index (χ4v) is 2.69. The molecule has 3 heteroatoms. The van der Waals surface area contributed by atoms with Crippen LogP contribution in [0.2, 0.25) is 0 Å². The van der Waals surface area contributed by atoms with Crippen LogP contribution in [-0.4, -0.2) is 23.4 Å². The maximum atomic E-state index is 13.7. The maximum absolute atomic E-state index is 13.7. The normalized spacial score (nSPS) is 19.9. The molecule has 0 aromatic heterocycles. The molecule has 2 nitrogen and oxygen atoms in total. The van der Waals surface area contributed by atoms with Crippen molar-refractivity contribution in [3.05, 3.63) is 35.6 Å². The van der Waals surface area contributed by atoms with Gasteiger partial charge in [-0.05, 0) is 37.8 Å². The zero-order valence-electron chi connectivity index (χ0n) is 10.9. The third-order valence-electron chi connectivity index (χ3n) is 3.61. The molecule has 0 radical (unpaired) electrons. The average Bonchev–Trinajstić information content (AvgIpc) is 2.40. The summed E-state index contributed by atoms with van der Waals surface area (Å²) in [7, 11) is 0. The number of hydrogen-bond acceptors (Lipinski definition) is 1. The Kier molecular flexibility index (Phi) is 4.34. The molecule has 1 fully saturated rings. The first-order chi connectivity index (χ1) is 8.74. The molecule has 2 rings (SSSR count). The van der Waals surface area contributed by atoms with E-state index in [1.54, 1.807) is 18.2 Å². The molecular formula is C15H20FNO. The molecule has 0 aliphatic carbocycles. The standard InChI is InChI=1S/C15H20FNO/c1-2-7-12-8-5-6-11-17(12)15(18)13-9-3-4-10-14(13)16/h3-4,9-10,12H,2,5-8,11H2,1H3/t12-/m1/s1. The number of hydrogen-bond donors (Lipinski definition) is 0. The molecule has 1 aromatic rings. The zero-order valence-corrected chi connectivity index (χ0v) is 10.9. The molecule has 1 atom stereocenters. The van der Waals surface area contributed by atoms with Crippen LogP contribution in [0.1, 0.15) is 49.4 Å². The number of rotatable bonds is 3. The van der Waals surface area contributed by atoms with Crippen molar-refractivity contribution in [2.45, 2.75) is 45.1 Å². The van der Waals surface area contributed by atoms with Crippen LogP contribution in [0, 0.1) is 5.82 Å². The van der Waals surface area contributed by atoms with Crippen molar-refractivity contribution in [1.82, 2.24) is 4.90 Å². The van der Waals surface area contributed by atoms with Gasteiger partial charge in [-0.15, -0.1) is 0 Å². The second-order valence-electron chi connectivity index (χ2n) is 4.92. The predicted octanol–water partition coefficient (Wildman–Crippen LogP) is 3.62. The Bertz CT molecular complexity index is 417. The minimum absolute atomic E-state index is 0.147. The van der Waals surface area contributed by atoms with Gasteiger partial charge in [-0.25, -0.2) is 4.39 Å². The van der Waals surface area contributed by atoms with Crippen LogP contribution >= 0.6 is 0 Å². The molecule has 1 aliphatic rings. The van der Waals surface area contributed by atoms with Crippen molar-refractivity contribution in [2.75, 3.05) is 6.54 Å². The largest absolute Gasteiger partial charge is 0.336 e. The summed E-state index contributed by atoms with van der Waals surface area (Å²) in [4.78, 5) is 14.3. The smallest absolute Gasteiger partial charge is 0.257 e. The Hall–Kier alpha value is -1.38. The summed E-state index contributed by atoms with van der Waals surface area (Å²) in [5.74, 6) is -0.561. The van der Waals surface area contributed by atoms with Crippen molar-refractivity contribution in [3.63, 3.8) is 0 Å². The first-order valence-electron chi connectivity index (χ1n) is 6.79. The van der Waals surface area contributed by atoms with Crippen molar-refractivity contribution in [3.8, 4) is 0 Å². The van der Waals surface area contributed by atoms with Crippen LogP contribution in [-0.2, 0) is 0 Å². The molecule has 98 valence electrons. The molecule has 1 aromatic carbocycles. The van der Waals surface area contributed by atoms with E-state index >= 15 is 0 Å². The summed E-state index contributed by atoms with van der Waals surface area (Å²) < 4.78 is 13.7. The highest BCUT2D eigenvalue weighted by Gasteiger charge is 2.27. The fourth-order valence-electron chi connectivity index (χ4n) is 2.69. The number of carbonyl (C=O) groups is 1. The molecule has 0 N–H and O–H groups in total. The molecule has 1 amide bonds. The van der Waals surface area contributed by atoms with Crippen molar-refractivity contribution in [1.29, 1.82) is 0 Å². The van der Waals surface area contributed by atoms with Crippen LogP contribution in [0.25, 0.3) is 0 Å². The lowest BCUT2D eigenvalue weighted by Crippen LogP contribution is -2.43. The van der Waals surface area contributed by atoms with Crippen LogP contribution < -0.4 is 0 Å². The van der Waals surface area contributed by atoms with Gasteiger partial charge in [-0.1, -0.05) is 25.5 Å². The molecule has 1 heterocycles. The first-order valence-corrected chi connectivity index (χ1v) is 6.79. The van der Waals surface area contributed by atoms with E-state index in [4.69, 9.17) is 0 Å². The first kappa shape index (κ1) is 13.1. The number of benzene rings is 1. The van der Waals surface area contributed by atoms with Crippen molar-refractivity contribution >= 4 is 5.91 Å². The lowest BCUT2D eigenvalue weighted by Gasteiger charge is -2.36. The summed E-state index contributed by atoms with van der Waals surface area (Å²) in [6.45, 7) is 2.89. The van der Waals surface area contributed by atoms with E-state index in [0.717, 1.165) is 32.2 Å². The van der Waals surface area contributed by atoms with E-state index in [1.165, 1.54) is 12.5 Å². The molecule has 0 saturated carbocycles. The monoisotopic (exact) mass is 249 g/mol. The van der Waals surface area contributed by atoms with Crippen LogP contribution in [0.4, 0.5) is 4.39 Å². The van der Waals surface area contributed by atoms with Crippen molar-refractivity contribution < 1.29 is 9.18 Å². The van der Waals surface area contributed by atoms with E-state index in [1.807, 2.05) is 4.90 Å². The highest BCUT2D eigenvalue weighted by Crippen LogP contribution is 2.23. The summed E-state index contributed by atoms with van der Waals surface area (Å²) in [6, 6.07) is 6.55. The van der Waals surface area contributed by atoms with E-state index < -0.39 is 5.82 Å². The lowest BCUT2D eigenvalue weighted by atomic mass is 9.97. The minimum Gasteiger partial charge on any atom is -0.336 e. The lowest BCUT2D eigenvalue weighted by molar-refractivity contribution is 0.0596. The Morgan fingerprint density at radius 3 is 2.89 bits per heavy atom. The van der Waals surface area contributed by atoms with Crippen LogP contribution in [0.5, 0.6) is 0 Å². The van der Waals surface area contributed by atoms with E-state index in [2.05, 4.69) is 6.92 Å².